The number of H-pyrrole nitrogens is 1. The minimum atomic E-state index is -0.546. The van der Waals surface area contributed by atoms with Crippen molar-refractivity contribution < 1.29 is 19.0 Å². The first-order valence-electron chi connectivity index (χ1n) is 7.83. The highest BCUT2D eigenvalue weighted by Crippen LogP contribution is 2.38. The van der Waals surface area contributed by atoms with Gasteiger partial charge in [0, 0.05) is 31.8 Å². The Hall–Kier alpha value is -3.23. The Labute approximate surface area is 149 Å². The van der Waals surface area contributed by atoms with Crippen LogP contribution in [0.1, 0.15) is 12.0 Å². The third-order valence-corrected chi connectivity index (χ3v) is 3.69. The number of carbonyl (C=O) groups is 1. The molecule has 0 aliphatic carbocycles. The molecule has 0 aliphatic heterocycles. The number of aromatic nitrogens is 2. The van der Waals surface area contributed by atoms with E-state index in [4.69, 9.17) is 14.2 Å². The average molecular weight is 363 g/mol. The monoisotopic (exact) mass is 363 g/mol. The van der Waals surface area contributed by atoms with Crippen LogP contribution in [0.3, 0.4) is 0 Å². The number of nitrogens with zero attached hydrogens (tertiary/aromatic N) is 1. The molecule has 9 nitrogen and oxygen atoms in total. The lowest BCUT2D eigenvalue weighted by molar-refractivity contribution is -0.121. The smallest absolute Gasteiger partial charge is 0.328 e. The van der Waals surface area contributed by atoms with Gasteiger partial charge in [-0.3, -0.25) is 14.6 Å². The van der Waals surface area contributed by atoms with Gasteiger partial charge in [-0.1, -0.05) is 0 Å². The summed E-state index contributed by atoms with van der Waals surface area (Å²) in [6.45, 7) is 0.423. The zero-order valence-corrected chi connectivity index (χ0v) is 14.8. The molecule has 2 rings (SSSR count). The van der Waals surface area contributed by atoms with E-state index in [2.05, 4.69) is 10.3 Å². The van der Waals surface area contributed by atoms with Gasteiger partial charge in [-0.05, 0) is 17.7 Å². The zero-order chi connectivity index (χ0) is 19.1. The molecule has 0 saturated carbocycles. The average Bonchev–Trinajstić information content (AvgIpc) is 2.64. The van der Waals surface area contributed by atoms with Crippen LogP contribution in [0, 0.1) is 0 Å². The molecule has 1 amide bonds. The van der Waals surface area contributed by atoms with Gasteiger partial charge in [-0.25, -0.2) is 4.79 Å². The predicted octanol–water partition coefficient (Wildman–Crippen LogP) is 0.269. The van der Waals surface area contributed by atoms with Crippen LogP contribution < -0.4 is 30.8 Å². The van der Waals surface area contributed by atoms with Crippen molar-refractivity contribution in [2.24, 2.45) is 0 Å². The van der Waals surface area contributed by atoms with E-state index < -0.39 is 11.2 Å². The highest BCUT2D eigenvalue weighted by Gasteiger charge is 2.13. The summed E-state index contributed by atoms with van der Waals surface area (Å²) in [6.07, 6.45) is 1.45. The third-order valence-electron chi connectivity index (χ3n) is 3.69. The largest absolute Gasteiger partial charge is 0.493 e. The fraction of sp³-hybridized carbons (Fsp3) is 0.353. The van der Waals surface area contributed by atoms with Crippen molar-refractivity contribution in [2.45, 2.75) is 19.5 Å². The van der Waals surface area contributed by atoms with E-state index in [1.807, 2.05) is 0 Å². The lowest BCUT2D eigenvalue weighted by Gasteiger charge is -2.14. The molecule has 0 spiro atoms. The Balaban J connectivity index is 1.98. The van der Waals surface area contributed by atoms with Crippen molar-refractivity contribution in [2.75, 3.05) is 21.3 Å². The number of carbonyl (C=O) groups excluding carboxylic acids is 1. The summed E-state index contributed by atoms with van der Waals surface area (Å²) in [4.78, 5) is 36.7. The Bertz CT molecular complexity index is 862. The van der Waals surface area contributed by atoms with E-state index in [-0.39, 0.29) is 25.4 Å². The van der Waals surface area contributed by atoms with Crippen LogP contribution >= 0.6 is 0 Å². The van der Waals surface area contributed by atoms with Crippen LogP contribution in [-0.2, 0) is 17.9 Å². The molecular weight excluding hydrogens is 342 g/mol. The van der Waals surface area contributed by atoms with Gasteiger partial charge in [0.25, 0.3) is 5.56 Å². The van der Waals surface area contributed by atoms with Gasteiger partial charge < -0.3 is 24.1 Å². The zero-order valence-electron chi connectivity index (χ0n) is 14.8. The number of aryl methyl sites for hydroxylation is 1. The van der Waals surface area contributed by atoms with Gasteiger partial charge in [0.2, 0.25) is 11.7 Å². The summed E-state index contributed by atoms with van der Waals surface area (Å²) in [5.41, 5.74) is -0.248. The van der Waals surface area contributed by atoms with Crippen LogP contribution in [0.25, 0.3) is 0 Å². The summed E-state index contributed by atoms with van der Waals surface area (Å²) >= 11 is 0. The van der Waals surface area contributed by atoms with Crippen molar-refractivity contribution >= 4 is 5.91 Å². The normalized spacial score (nSPS) is 10.3. The maximum atomic E-state index is 12.0. The van der Waals surface area contributed by atoms with Crippen LogP contribution in [0.2, 0.25) is 0 Å². The second-order valence-corrected chi connectivity index (χ2v) is 5.36. The molecule has 2 aromatic rings. The van der Waals surface area contributed by atoms with Gasteiger partial charge in [0.05, 0.1) is 21.3 Å². The lowest BCUT2D eigenvalue weighted by atomic mass is 10.1. The van der Waals surface area contributed by atoms with Crippen LogP contribution in [0.15, 0.2) is 34.0 Å². The quantitative estimate of drug-likeness (QED) is 0.696. The Kier molecular flexibility index (Phi) is 6.42. The number of rotatable bonds is 8. The molecule has 26 heavy (non-hydrogen) atoms. The van der Waals surface area contributed by atoms with Crippen molar-refractivity contribution in [3.63, 3.8) is 0 Å². The molecule has 0 radical (unpaired) electrons. The molecule has 2 N–H and O–H groups in total. The Morgan fingerprint density at radius 2 is 1.77 bits per heavy atom. The lowest BCUT2D eigenvalue weighted by Crippen LogP contribution is -2.31. The van der Waals surface area contributed by atoms with Crippen LogP contribution in [0.4, 0.5) is 0 Å². The van der Waals surface area contributed by atoms with E-state index in [0.29, 0.717) is 17.2 Å². The van der Waals surface area contributed by atoms with E-state index in [1.165, 1.54) is 38.2 Å². The molecule has 0 unspecified atom stereocenters. The number of benzene rings is 1. The minimum Gasteiger partial charge on any atom is -0.493 e. The highest BCUT2D eigenvalue weighted by molar-refractivity contribution is 5.75. The van der Waals surface area contributed by atoms with E-state index in [1.54, 1.807) is 12.1 Å². The highest BCUT2D eigenvalue weighted by atomic mass is 16.5. The molecule has 140 valence electrons. The molecule has 1 aromatic heterocycles. The van der Waals surface area contributed by atoms with Gasteiger partial charge in [-0.15, -0.1) is 0 Å². The molecule has 1 aromatic carbocycles. The molecule has 9 heteroatoms. The fourth-order valence-corrected chi connectivity index (χ4v) is 2.37. The number of ether oxygens (including phenoxy) is 3. The number of aromatic amines is 1. The first kappa shape index (κ1) is 19.1. The van der Waals surface area contributed by atoms with E-state index in [0.717, 1.165) is 5.56 Å². The van der Waals surface area contributed by atoms with Crippen LogP contribution in [-0.4, -0.2) is 36.8 Å². The molecule has 1 heterocycles. The molecule has 0 saturated heterocycles. The number of hydrogen-bond donors (Lipinski definition) is 2. The van der Waals surface area contributed by atoms with Crippen molar-refractivity contribution in [3.8, 4) is 17.2 Å². The number of hydrogen-bond acceptors (Lipinski definition) is 6. The van der Waals surface area contributed by atoms with Crippen LogP contribution in [0.5, 0.6) is 17.2 Å². The first-order valence-corrected chi connectivity index (χ1v) is 7.83. The Morgan fingerprint density at radius 1 is 1.12 bits per heavy atom. The van der Waals surface area contributed by atoms with Gasteiger partial charge >= 0.3 is 5.69 Å². The third kappa shape index (κ3) is 4.65. The second kappa shape index (κ2) is 8.75. The van der Waals surface area contributed by atoms with Crippen molar-refractivity contribution in [1.82, 2.24) is 14.9 Å². The number of amides is 1. The van der Waals surface area contributed by atoms with Gasteiger partial charge in [-0.2, -0.15) is 0 Å². The van der Waals surface area contributed by atoms with Crippen molar-refractivity contribution in [3.05, 3.63) is 50.8 Å². The molecular formula is C17H21N3O6. The topological polar surface area (TPSA) is 112 Å². The maximum Gasteiger partial charge on any atom is 0.328 e. The molecule has 0 fully saturated rings. The van der Waals surface area contributed by atoms with E-state index >= 15 is 0 Å². The number of methoxy groups -OCH3 is 3. The van der Waals surface area contributed by atoms with Gasteiger partial charge in [0.1, 0.15) is 0 Å². The molecule has 0 bridgehead atoms. The Morgan fingerprint density at radius 3 is 2.31 bits per heavy atom. The first-order chi connectivity index (χ1) is 12.5. The minimum absolute atomic E-state index is 0.0936. The summed E-state index contributed by atoms with van der Waals surface area (Å²) in [6, 6.07) is 4.72. The molecule has 0 aliphatic rings. The summed E-state index contributed by atoms with van der Waals surface area (Å²) in [5.74, 6) is 1.23. The van der Waals surface area contributed by atoms with E-state index in [9.17, 15) is 14.4 Å². The van der Waals surface area contributed by atoms with Gasteiger partial charge in [0.15, 0.2) is 11.5 Å². The maximum absolute atomic E-state index is 12.0. The second-order valence-electron chi connectivity index (χ2n) is 5.36. The number of nitrogens with one attached hydrogen (secondary N) is 2. The molecule has 0 atom stereocenters. The summed E-state index contributed by atoms with van der Waals surface area (Å²) in [5, 5.41) is 2.76. The summed E-state index contributed by atoms with van der Waals surface area (Å²) in [7, 11) is 4.55. The fourth-order valence-electron chi connectivity index (χ4n) is 2.37. The van der Waals surface area contributed by atoms with Crippen molar-refractivity contribution in [1.29, 1.82) is 0 Å². The standard InChI is InChI=1S/C17H21N3O6/c1-24-12-8-11(9-13(25-2)16(12)26-3)10-18-14(21)4-6-20-7-5-15(22)19-17(20)23/h5,7-9H,4,6,10H2,1-3H3,(H,18,21)(H,19,22,23). The summed E-state index contributed by atoms with van der Waals surface area (Å²) < 4.78 is 17.1. The predicted molar refractivity (Wildman–Crippen MR) is 93.9 cm³/mol. The SMILES string of the molecule is COc1cc(CNC(=O)CCn2ccc(=O)[nH]c2=O)cc(OC)c1OC.